The van der Waals surface area contributed by atoms with E-state index < -0.39 is 11.7 Å². The third kappa shape index (κ3) is 5.98. The number of carbonyl (C=O) groups excluding carboxylic acids is 3. The largest absolute Gasteiger partial charge is 0.352 e. The van der Waals surface area contributed by atoms with Gasteiger partial charge in [0.25, 0.3) is 0 Å². The highest BCUT2D eigenvalue weighted by molar-refractivity contribution is 7.14. The lowest BCUT2D eigenvalue weighted by Crippen LogP contribution is -2.39. The van der Waals surface area contributed by atoms with Crippen LogP contribution >= 0.6 is 11.3 Å². The van der Waals surface area contributed by atoms with E-state index in [1.807, 2.05) is 13.8 Å². The van der Waals surface area contributed by atoms with Gasteiger partial charge in [-0.2, -0.15) is 0 Å². The second-order valence-corrected chi connectivity index (χ2v) is 6.97. The lowest BCUT2D eigenvalue weighted by atomic mass is 10.3. The topological polar surface area (TPSA) is 91.4 Å². The van der Waals surface area contributed by atoms with Crippen molar-refractivity contribution >= 4 is 46.0 Å². The normalized spacial score (nSPS) is 10.9. The minimum atomic E-state index is -0.538. The van der Waals surface area contributed by atoms with Crippen LogP contribution in [-0.2, 0) is 14.4 Å². The van der Waals surface area contributed by atoms with Crippen molar-refractivity contribution < 1.29 is 18.8 Å². The zero-order chi connectivity index (χ0) is 20.7. The lowest BCUT2D eigenvalue weighted by molar-refractivity contribution is -0.124. The van der Waals surface area contributed by atoms with Crippen molar-refractivity contribution in [2.75, 3.05) is 11.4 Å². The first-order chi connectivity index (χ1) is 13.3. The predicted molar refractivity (Wildman–Crippen MR) is 107 cm³/mol. The summed E-state index contributed by atoms with van der Waals surface area (Å²) in [6.07, 6.45) is 2.69. The van der Waals surface area contributed by atoms with Crippen LogP contribution in [0.1, 0.15) is 26.5 Å². The van der Waals surface area contributed by atoms with Gasteiger partial charge >= 0.3 is 0 Å². The molecule has 0 saturated carbocycles. The molecular weight excluding hydrogens is 383 g/mol. The van der Waals surface area contributed by atoms with Crippen LogP contribution in [0.2, 0.25) is 0 Å². The van der Waals surface area contributed by atoms with E-state index in [0.717, 1.165) is 11.3 Å². The van der Waals surface area contributed by atoms with Gasteiger partial charge in [0.15, 0.2) is 5.13 Å². The summed E-state index contributed by atoms with van der Waals surface area (Å²) in [5, 5.41) is 7.05. The summed E-state index contributed by atoms with van der Waals surface area (Å²) in [4.78, 5) is 40.8. The number of halogens is 1. The Morgan fingerprint density at radius 1 is 1.29 bits per heavy atom. The highest BCUT2D eigenvalue weighted by atomic mass is 32.1. The SMILES string of the molecule is CC(=O)N(c1nc(/C=C/C(=O)NCC(=O)NC(C)C)cs1)c1ccccc1F. The van der Waals surface area contributed by atoms with Crippen LogP contribution in [0.3, 0.4) is 0 Å². The first-order valence-corrected chi connectivity index (χ1v) is 9.42. The molecule has 1 aromatic carbocycles. The van der Waals surface area contributed by atoms with Gasteiger partial charge in [-0.1, -0.05) is 12.1 Å². The fraction of sp³-hybridized carbons (Fsp3) is 0.263. The minimum absolute atomic E-state index is 0.00737. The third-order valence-electron chi connectivity index (χ3n) is 3.39. The third-order valence-corrected chi connectivity index (χ3v) is 4.23. The Kier molecular flexibility index (Phi) is 7.39. The van der Waals surface area contributed by atoms with Crippen LogP contribution < -0.4 is 15.5 Å². The summed E-state index contributed by atoms with van der Waals surface area (Å²) in [5.74, 6) is -1.66. The number of para-hydroxylation sites is 1. The summed E-state index contributed by atoms with van der Waals surface area (Å²) < 4.78 is 14.1. The van der Waals surface area contributed by atoms with Crippen LogP contribution in [-0.4, -0.2) is 35.3 Å². The molecule has 9 heteroatoms. The summed E-state index contributed by atoms with van der Waals surface area (Å²) in [6, 6.07) is 5.91. The fourth-order valence-electron chi connectivity index (χ4n) is 2.26. The average molecular weight is 404 g/mol. The van der Waals surface area contributed by atoms with Crippen LogP contribution in [0, 0.1) is 5.82 Å². The van der Waals surface area contributed by atoms with E-state index in [-0.39, 0.29) is 35.2 Å². The molecule has 148 valence electrons. The average Bonchev–Trinajstić information content (AvgIpc) is 3.07. The zero-order valence-electron chi connectivity index (χ0n) is 15.7. The Morgan fingerprint density at radius 3 is 2.64 bits per heavy atom. The molecule has 0 atom stereocenters. The molecule has 2 N–H and O–H groups in total. The van der Waals surface area contributed by atoms with Crippen molar-refractivity contribution in [3.8, 4) is 0 Å². The molecule has 3 amide bonds. The maximum atomic E-state index is 14.1. The van der Waals surface area contributed by atoms with Crippen molar-refractivity contribution in [2.24, 2.45) is 0 Å². The number of thiazole rings is 1. The summed E-state index contributed by atoms with van der Waals surface area (Å²) in [5.41, 5.74) is 0.540. The summed E-state index contributed by atoms with van der Waals surface area (Å²) >= 11 is 1.15. The van der Waals surface area contributed by atoms with Crippen LogP contribution in [0.5, 0.6) is 0 Å². The van der Waals surface area contributed by atoms with Gasteiger partial charge < -0.3 is 10.6 Å². The van der Waals surface area contributed by atoms with Crippen LogP contribution in [0.4, 0.5) is 15.2 Å². The van der Waals surface area contributed by atoms with Gasteiger partial charge in [-0.3, -0.25) is 19.3 Å². The van der Waals surface area contributed by atoms with Gasteiger partial charge in [-0.25, -0.2) is 9.37 Å². The molecule has 0 saturated heterocycles. The lowest BCUT2D eigenvalue weighted by Gasteiger charge is -2.18. The van der Waals surface area contributed by atoms with E-state index in [1.54, 1.807) is 11.4 Å². The number of carbonyl (C=O) groups is 3. The Bertz CT molecular complexity index is 895. The van der Waals surface area contributed by atoms with Crippen molar-refractivity contribution in [1.29, 1.82) is 0 Å². The highest BCUT2D eigenvalue weighted by Gasteiger charge is 2.20. The monoisotopic (exact) mass is 404 g/mol. The molecule has 0 aliphatic carbocycles. The molecule has 2 rings (SSSR count). The van der Waals surface area contributed by atoms with Gasteiger partial charge in [0, 0.05) is 24.4 Å². The molecular formula is C19H21FN4O3S. The Hall–Kier alpha value is -3.07. The quantitative estimate of drug-likeness (QED) is 0.694. The van der Waals surface area contributed by atoms with E-state index in [1.165, 1.54) is 42.2 Å². The molecule has 7 nitrogen and oxygen atoms in total. The Labute approximate surface area is 166 Å². The smallest absolute Gasteiger partial charge is 0.244 e. The van der Waals surface area contributed by atoms with E-state index in [0.29, 0.717) is 5.69 Å². The number of rotatable bonds is 7. The van der Waals surface area contributed by atoms with E-state index in [2.05, 4.69) is 15.6 Å². The number of hydrogen-bond acceptors (Lipinski definition) is 5. The summed E-state index contributed by atoms with van der Waals surface area (Å²) in [7, 11) is 0. The molecule has 1 heterocycles. The number of nitrogens with zero attached hydrogens (tertiary/aromatic N) is 2. The number of hydrogen-bond donors (Lipinski definition) is 2. The Balaban J connectivity index is 2.05. The van der Waals surface area contributed by atoms with E-state index in [4.69, 9.17) is 0 Å². The number of anilines is 2. The molecule has 0 unspecified atom stereocenters. The highest BCUT2D eigenvalue weighted by Crippen LogP contribution is 2.30. The van der Waals surface area contributed by atoms with Gasteiger partial charge in [0.1, 0.15) is 5.82 Å². The van der Waals surface area contributed by atoms with Crippen molar-refractivity contribution in [2.45, 2.75) is 26.8 Å². The molecule has 0 spiro atoms. The number of amides is 3. The summed E-state index contributed by atoms with van der Waals surface area (Å²) in [6.45, 7) is 4.84. The molecule has 0 fully saturated rings. The number of nitrogens with one attached hydrogen (secondary N) is 2. The van der Waals surface area contributed by atoms with Crippen molar-refractivity contribution in [1.82, 2.24) is 15.6 Å². The molecule has 28 heavy (non-hydrogen) atoms. The predicted octanol–water partition coefficient (Wildman–Crippen LogP) is 2.62. The van der Waals surface area contributed by atoms with E-state index in [9.17, 15) is 18.8 Å². The molecule has 2 aromatic rings. The van der Waals surface area contributed by atoms with Gasteiger partial charge in [0.2, 0.25) is 17.7 Å². The number of benzene rings is 1. The molecule has 0 radical (unpaired) electrons. The molecule has 0 aliphatic heterocycles. The van der Waals surface area contributed by atoms with Crippen LogP contribution in [0.25, 0.3) is 6.08 Å². The van der Waals surface area contributed by atoms with Gasteiger partial charge in [-0.15, -0.1) is 11.3 Å². The standard InChI is InChI=1S/C19H21FN4O3S/c1-12(2)22-18(27)10-21-17(26)9-8-14-11-28-19(23-14)24(13(3)25)16-7-5-4-6-15(16)20/h4-9,11-12H,10H2,1-3H3,(H,21,26)(H,22,27)/b9-8+. The maximum Gasteiger partial charge on any atom is 0.244 e. The van der Waals surface area contributed by atoms with Crippen LogP contribution in [0.15, 0.2) is 35.7 Å². The molecule has 0 aliphatic rings. The second-order valence-electron chi connectivity index (χ2n) is 6.13. The molecule has 1 aromatic heterocycles. The fourth-order valence-corrected chi connectivity index (χ4v) is 3.10. The zero-order valence-corrected chi connectivity index (χ0v) is 16.5. The van der Waals surface area contributed by atoms with E-state index >= 15 is 0 Å². The second kappa shape index (κ2) is 9.75. The first-order valence-electron chi connectivity index (χ1n) is 8.54. The van der Waals surface area contributed by atoms with Crippen molar-refractivity contribution in [3.63, 3.8) is 0 Å². The number of aromatic nitrogens is 1. The van der Waals surface area contributed by atoms with Crippen molar-refractivity contribution in [3.05, 3.63) is 47.2 Å². The Morgan fingerprint density at radius 2 is 2.00 bits per heavy atom. The van der Waals surface area contributed by atoms with Gasteiger partial charge in [0.05, 0.1) is 17.9 Å². The minimum Gasteiger partial charge on any atom is -0.352 e. The maximum absolute atomic E-state index is 14.1. The first kappa shape index (κ1) is 21.2. The van der Waals surface area contributed by atoms with Gasteiger partial charge in [-0.05, 0) is 32.1 Å². The molecule has 0 bridgehead atoms.